The first-order chi connectivity index (χ1) is 8.22. The molecule has 1 heterocycles. The van der Waals surface area contributed by atoms with E-state index in [0.29, 0.717) is 24.8 Å². The van der Waals surface area contributed by atoms with Gasteiger partial charge in [0.05, 0.1) is 24.8 Å². The average Bonchev–Trinajstić information content (AvgIpc) is 2.32. The van der Waals surface area contributed by atoms with Gasteiger partial charge in [-0.05, 0) is 19.9 Å². The van der Waals surface area contributed by atoms with Crippen LogP contribution in [0.1, 0.15) is 19.4 Å². The number of nitrogens with zero attached hydrogens (tertiary/aromatic N) is 1. The molecule has 0 spiro atoms. The van der Waals surface area contributed by atoms with Gasteiger partial charge in [0.2, 0.25) is 0 Å². The molecule has 0 amide bonds. The van der Waals surface area contributed by atoms with E-state index >= 15 is 0 Å². The van der Waals surface area contributed by atoms with E-state index < -0.39 is 0 Å². The molecule has 0 atom stereocenters. The van der Waals surface area contributed by atoms with Crippen molar-refractivity contribution in [3.8, 4) is 17.6 Å². The summed E-state index contributed by atoms with van der Waals surface area (Å²) in [5.74, 6) is 6.66. The third-order valence-electron chi connectivity index (χ3n) is 1.82. The predicted octanol–water partition coefficient (Wildman–Crippen LogP) is 2.48. The molecule has 3 nitrogen and oxygen atoms in total. The summed E-state index contributed by atoms with van der Waals surface area (Å²) >= 11 is 5.48. The van der Waals surface area contributed by atoms with Crippen LogP contribution in [0.15, 0.2) is 18.5 Å². The predicted molar refractivity (Wildman–Crippen MR) is 68.4 cm³/mol. The summed E-state index contributed by atoms with van der Waals surface area (Å²) in [7, 11) is 0. The van der Waals surface area contributed by atoms with Crippen molar-refractivity contribution in [2.45, 2.75) is 20.0 Å². The Morgan fingerprint density at radius 1 is 1.35 bits per heavy atom. The second kappa shape index (κ2) is 7.94. The molecule has 0 saturated carbocycles. The molecule has 0 N–H and O–H groups in total. The van der Waals surface area contributed by atoms with Crippen molar-refractivity contribution in [1.29, 1.82) is 0 Å². The quantitative estimate of drug-likeness (QED) is 0.459. The van der Waals surface area contributed by atoms with E-state index in [9.17, 15) is 0 Å². The number of pyridine rings is 1. The minimum absolute atomic E-state index is 0.220. The molecule has 0 saturated heterocycles. The molecule has 1 aromatic rings. The Morgan fingerprint density at radius 2 is 2.18 bits per heavy atom. The van der Waals surface area contributed by atoms with E-state index in [4.69, 9.17) is 21.1 Å². The highest BCUT2D eigenvalue weighted by Gasteiger charge is 1.97. The van der Waals surface area contributed by atoms with Crippen LogP contribution in [0.25, 0.3) is 0 Å². The first-order valence-corrected chi connectivity index (χ1v) is 6.00. The Balaban J connectivity index is 2.43. The lowest BCUT2D eigenvalue weighted by Crippen LogP contribution is -2.11. The van der Waals surface area contributed by atoms with Gasteiger partial charge in [-0.25, -0.2) is 0 Å². The standard InChI is InChI=1S/C13H16ClNO2/c1-11(2)16-6-7-17-13-8-12(4-3-5-14)9-15-10-13/h8-11H,5-7H2,1-2H3. The Kier molecular flexibility index (Phi) is 6.46. The van der Waals surface area contributed by atoms with Crippen molar-refractivity contribution in [1.82, 2.24) is 4.98 Å². The normalized spacial score (nSPS) is 9.88. The lowest BCUT2D eigenvalue weighted by Gasteiger charge is -2.08. The third-order valence-corrected chi connectivity index (χ3v) is 1.95. The molecule has 1 aromatic heterocycles. The number of hydrogen-bond acceptors (Lipinski definition) is 3. The summed E-state index contributed by atoms with van der Waals surface area (Å²) in [6, 6.07) is 1.84. The number of ether oxygens (including phenoxy) is 2. The van der Waals surface area contributed by atoms with E-state index in [2.05, 4.69) is 16.8 Å². The fraction of sp³-hybridized carbons (Fsp3) is 0.462. The first-order valence-electron chi connectivity index (χ1n) is 5.46. The monoisotopic (exact) mass is 253 g/mol. The molecule has 0 unspecified atom stereocenters. The topological polar surface area (TPSA) is 31.4 Å². The van der Waals surface area contributed by atoms with Crippen LogP contribution < -0.4 is 4.74 Å². The molecule has 0 radical (unpaired) electrons. The molecule has 17 heavy (non-hydrogen) atoms. The van der Waals surface area contributed by atoms with Crippen molar-refractivity contribution in [2.24, 2.45) is 0 Å². The van der Waals surface area contributed by atoms with Crippen molar-refractivity contribution < 1.29 is 9.47 Å². The minimum Gasteiger partial charge on any atom is -0.490 e. The van der Waals surface area contributed by atoms with Crippen molar-refractivity contribution in [3.05, 3.63) is 24.0 Å². The van der Waals surface area contributed by atoms with Gasteiger partial charge in [0.25, 0.3) is 0 Å². The van der Waals surface area contributed by atoms with Crippen LogP contribution in [0.5, 0.6) is 5.75 Å². The van der Waals surface area contributed by atoms with E-state index in [0.717, 1.165) is 5.56 Å². The number of aromatic nitrogens is 1. The maximum atomic E-state index is 5.49. The second-order valence-corrected chi connectivity index (χ2v) is 3.88. The van der Waals surface area contributed by atoms with Gasteiger partial charge in [0, 0.05) is 11.8 Å². The molecule has 1 rings (SSSR count). The average molecular weight is 254 g/mol. The van der Waals surface area contributed by atoms with Gasteiger partial charge in [-0.2, -0.15) is 0 Å². The van der Waals surface area contributed by atoms with Crippen LogP contribution in [-0.4, -0.2) is 30.2 Å². The summed E-state index contributed by atoms with van der Waals surface area (Å²) in [4.78, 5) is 4.04. The largest absolute Gasteiger partial charge is 0.490 e. The molecule has 4 heteroatoms. The van der Waals surface area contributed by atoms with Crippen LogP contribution in [0.3, 0.4) is 0 Å². The number of halogens is 1. The number of alkyl halides is 1. The summed E-state index contributed by atoms with van der Waals surface area (Å²) in [6.07, 6.45) is 3.55. The molecule has 0 aromatic carbocycles. The third kappa shape index (κ3) is 6.15. The van der Waals surface area contributed by atoms with Crippen LogP contribution in [0.4, 0.5) is 0 Å². The minimum atomic E-state index is 0.220. The summed E-state index contributed by atoms with van der Waals surface area (Å²) < 4.78 is 10.9. The fourth-order valence-corrected chi connectivity index (χ4v) is 1.21. The Bertz CT molecular complexity index is 396. The summed E-state index contributed by atoms with van der Waals surface area (Å²) in [6.45, 7) is 5.05. The van der Waals surface area contributed by atoms with Crippen molar-refractivity contribution >= 4 is 11.6 Å². The second-order valence-electron chi connectivity index (χ2n) is 3.61. The molecule has 92 valence electrons. The molecule has 0 bridgehead atoms. The van der Waals surface area contributed by atoms with Crippen LogP contribution in [-0.2, 0) is 4.74 Å². The van der Waals surface area contributed by atoms with Gasteiger partial charge < -0.3 is 9.47 Å². The van der Waals surface area contributed by atoms with Crippen molar-refractivity contribution in [2.75, 3.05) is 19.1 Å². The van der Waals surface area contributed by atoms with E-state index in [-0.39, 0.29) is 6.10 Å². The van der Waals surface area contributed by atoms with Crippen LogP contribution >= 0.6 is 11.6 Å². The van der Waals surface area contributed by atoms with E-state index in [1.807, 2.05) is 19.9 Å². The van der Waals surface area contributed by atoms with Gasteiger partial charge in [-0.15, -0.1) is 11.6 Å². The highest BCUT2D eigenvalue weighted by atomic mass is 35.5. The van der Waals surface area contributed by atoms with Crippen LogP contribution in [0.2, 0.25) is 0 Å². The van der Waals surface area contributed by atoms with Gasteiger partial charge in [0.15, 0.2) is 0 Å². The molecule has 0 aliphatic carbocycles. The SMILES string of the molecule is CC(C)OCCOc1cncc(C#CCCl)c1. The molecule has 0 fully saturated rings. The molecule has 0 aliphatic rings. The highest BCUT2D eigenvalue weighted by Crippen LogP contribution is 2.10. The van der Waals surface area contributed by atoms with Gasteiger partial charge in [-0.3, -0.25) is 4.98 Å². The molecular formula is C13H16ClNO2. The maximum absolute atomic E-state index is 5.49. The molecule has 0 aliphatic heterocycles. The van der Waals surface area contributed by atoms with E-state index in [1.54, 1.807) is 12.4 Å². The zero-order valence-electron chi connectivity index (χ0n) is 10.1. The number of hydrogen-bond donors (Lipinski definition) is 0. The van der Waals surface area contributed by atoms with Gasteiger partial charge in [-0.1, -0.05) is 11.8 Å². The van der Waals surface area contributed by atoms with Crippen molar-refractivity contribution in [3.63, 3.8) is 0 Å². The maximum Gasteiger partial charge on any atom is 0.138 e. The highest BCUT2D eigenvalue weighted by molar-refractivity contribution is 6.19. The fourth-order valence-electron chi connectivity index (χ4n) is 1.14. The molecular weight excluding hydrogens is 238 g/mol. The zero-order valence-corrected chi connectivity index (χ0v) is 10.8. The lowest BCUT2D eigenvalue weighted by atomic mass is 10.3. The Morgan fingerprint density at radius 3 is 2.88 bits per heavy atom. The Labute approximate surface area is 107 Å². The van der Waals surface area contributed by atoms with Gasteiger partial charge in [0.1, 0.15) is 12.4 Å². The zero-order chi connectivity index (χ0) is 12.5. The summed E-state index contributed by atoms with van der Waals surface area (Å²) in [5, 5.41) is 0. The smallest absolute Gasteiger partial charge is 0.138 e. The Hall–Kier alpha value is -1.24. The number of rotatable bonds is 5. The van der Waals surface area contributed by atoms with Crippen LogP contribution in [0, 0.1) is 11.8 Å². The van der Waals surface area contributed by atoms with E-state index in [1.165, 1.54) is 0 Å². The van der Waals surface area contributed by atoms with Gasteiger partial charge >= 0.3 is 0 Å². The first kappa shape index (κ1) is 13.8. The lowest BCUT2D eigenvalue weighted by molar-refractivity contribution is 0.0552. The summed E-state index contributed by atoms with van der Waals surface area (Å²) in [5.41, 5.74) is 0.799.